The first kappa shape index (κ1) is 6.05. The molecular formula is C6H7N3S. The topological polar surface area (TPSA) is 39.4 Å². The lowest BCUT2D eigenvalue weighted by atomic mass is 10.3. The molecule has 1 saturated heterocycles. The van der Waals surface area contributed by atoms with Crippen LogP contribution in [0.25, 0.3) is 0 Å². The predicted molar refractivity (Wildman–Crippen MR) is 40.9 cm³/mol. The smallest absolute Gasteiger partial charge is 0.160 e. The van der Waals surface area contributed by atoms with Gasteiger partial charge in [0.05, 0.1) is 12.6 Å². The Kier molecular flexibility index (Phi) is 1.31. The molecule has 52 valence electrons. The van der Waals surface area contributed by atoms with Crippen molar-refractivity contribution in [3.63, 3.8) is 0 Å². The van der Waals surface area contributed by atoms with Gasteiger partial charge in [-0.15, -0.1) is 0 Å². The molecule has 0 spiro atoms. The van der Waals surface area contributed by atoms with Crippen LogP contribution >= 0.6 is 11.8 Å². The third-order valence-corrected chi connectivity index (χ3v) is 2.68. The number of nitrogens with zero attached hydrogens (tertiary/aromatic N) is 3. The minimum atomic E-state index is -0.0946. The van der Waals surface area contributed by atoms with Gasteiger partial charge in [0.15, 0.2) is 11.2 Å². The predicted octanol–water partition coefficient (Wildman–Crippen LogP) is 0.297. The Bertz CT molecular complexity index is 218. The highest BCUT2D eigenvalue weighted by atomic mass is 32.2. The van der Waals surface area contributed by atoms with Crippen molar-refractivity contribution in [2.75, 3.05) is 18.8 Å². The van der Waals surface area contributed by atoms with Crippen LogP contribution in [0.2, 0.25) is 0 Å². The van der Waals surface area contributed by atoms with E-state index in [1.807, 2.05) is 0 Å². The number of amidine groups is 1. The van der Waals surface area contributed by atoms with Gasteiger partial charge in [-0.2, -0.15) is 5.26 Å². The lowest BCUT2D eigenvalue weighted by Crippen LogP contribution is -2.23. The number of rotatable bonds is 0. The molecular weight excluding hydrogens is 146 g/mol. The van der Waals surface area contributed by atoms with Gasteiger partial charge < -0.3 is 4.90 Å². The fraction of sp³-hybridized carbons (Fsp3) is 0.667. The Morgan fingerprint density at radius 3 is 3.40 bits per heavy atom. The molecule has 0 aromatic carbocycles. The van der Waals surface area contributed by atoms with E-state index in [9.17, 15) is 0 Å². The lowest BCUT2D eigenvalue weighted by molar-refractivity contribution is 0.484. The Hall–Kier alpha value is -0.690. The molecule has 1 unspecified atom stereocenters. The van der Waals surface area contributed by atoms with E-state index in [0.29, 0.717) is 0 Å². The molecule has 3 nitrogen and oxygen atoms in total. The second-order valence-corrected chi connectivity index (χ2v) is 3.41. The molecule has 0 aromatic rings. The van der Waals surface area contributed by atoms with Crippen molar-refractivity contribution in [1.29, 1.82) is 5.26 Å². The normalized spacial score (nSPS) is 29.7. The van der Waals surface area contributed by atoms with Gasteiger partial charge in [-0.1, -0.05) is 11.8 Å². The molecule has 0 N–H and O–H groups in total. The molecule has 2 aliphatic heterocycles. The van der Waals surface area contributed by atoms with Gasteiger partial charge in [-0.05, 0) is 0 Å². The Morgan fingerprint density at radius 1 is 1.80 bits per heavy atom. The summed E-state index contributed by atoms with van der Waals surface area (Å²) in [6, 6.07) is 2.06. The highest BCUT2D eigenvalue weighted by molar-refractivity contribution is 8.14. The minimum Gasteiger partial charge on any atom is -0.347 e. The molecule has 4 heteroatoms. The third kappa shape index (κ3) is 0.781. The largest absolute Gasteiger partial charge is 0.347 e. The number of fused-ring (bicyclic) bond motifs is 1. The SMILES string of the molecule is N#CC1CN2CCSC2=N1. The molecule has 2 heterocycles. The van der Waals surface area contributed by atoms with E-state index >= 15 is 0 Å². The summed E-state index contributed by atoms with van der Waals surface area (Å²) in [5.74, 6) is 1.14. The number of hydrogen-bond donors (Lipinski definition) is 0. The average Bonchev–Trinajstić information content (AvgIpc) is 2.42. The van der Waals surface area contributed by atoms with E-state index in [4.69, 9.17) is 5.26 Å². The van der Waals surface area contributed by atoms with Crippen LogP contribution in [-0.4, -0.2) is 35.0 Å². The molecule has 0 radical (unpaired) electrons. The number of aliphatic imine (C=N–C) groups is 1. The molecule has 2 rings (SSSR count). The Labute approximate surface area is 63.7 Å². The second-order valence-electron chi connectivity index (χ2n) is 2.35. The van der Waals surface area contributed by atoms with Crippen LogP contribution < -0.4 is 0 Å². The van der Waals surface area contributed by atoms with Gasteiger partial charge in [0.25, 0.3) is 0 Å². The summed E-state index contributed by atoms with van der Waals surface area (Å²) in [7, 11) is 0. The van der Waals surface area contributed by atoms with Crippen molar-refractivity contribution in [1.82, 2.24) is 4.90 Å². The van der Waals surface area contributed by atoms with Crippen molar-refractivity contribution >= 4 is 16.9 Å². The van der Waals surface area contributed by atoms with E-state index in [2.05, 4.69) is 16.0 Å². The van der Waals surface area contributed by atoms with Crippen LogP contribution in [0.15, 0.2) is 4.99 Å². The zero-order chi connectivity index (χ0) is 6.97. The van der Waals surface area contributed by atoms with Crippen LogP contribution in [0.3, 0.4) is 0 Å². The van der Waals surface area contributed by atoms with E-state index in [1.54, 1.807) is 11.8 Å². The maximum atomic E-state index is 8.53. The van der Waals surface area contributed by atoms with Crippen molar-refractivity contribution in [3.8, 4) is 6.07 Å². The summed E-state index contributed by atoms with van der Waals surface area (Å²) >= 11 is 1.76. The van der Waals surface area contributed by atoms with Crippen LogP contribution in [0.1, 0.15) is 0 Å². The third-order valence-electron chi connectivity index (χ3n) is 1.67. The molecule has 10 heavy (non-hydrogen) atoms. The van der Waals surface area contributed by atoms with E-state index in [1.165, 1.54) is 0 Å². The average molecular weight is 153 g/mol. The highest BCUT2D eigenvalue weighted by Gasteiger charge is 2.28. The van der Waals surface area contributed by atoms with Gasteiger partial charge in [0.2, 0.25) is 0 Å². The molecule has 1 fully saturated rings. The molecule has 0 bridgehead atoms. The summed E-state index contributed by atoms with van der Waals surface area (Å²) in [4.78, 5) is 6.39. The molecule has 0 aromatic heterocycles. The zero-order valence-electron chi connectivity index (χ0n) is 5.45. The van der Waals surface area contributed by atoms with E-state index in [-0.39, 0.29) is 6.04 Å². The molecule has 2 aliphatic rings. The summed E-state index contributed by atoms with van der Waals surface area (Å²) < 4.78 is 0. The highest BCUT2D eigenvalue weighted by Crippen LogP contribution is 2.23. The van der Waals surface area contributed by atoms with E-state index in [0.717, 1.165) is 24.0 Å². The second kappa shape index (κ2) is 2.17. The van der Waals surface area contributed by atoms with Gasteiger partial charge in [-0.25, -0.2) is 4.99 Å². The fourth-order valence-corrected chi connectivity index (χ4v) is 2.22. The van der Waals surface area contributed by atoms with Crippen molar-refractivity contribution in [3.05, 3.63) is 0 Å². The maximum Gasteiger partial charge on any atom is 0.160 e. The van der Waals surface area contributed by atoms with Gasteiger partial charge in [0, 0.05) is 12.3 Å². The fourth-order valence-electron chi connectivity index (χ4n) is 1.17. The summed E-state index contributed by atoms with van der Waals surface area (Å²) in [5.41, 5.74) is 0. The van der Waals surface area contributed by atoms with Gasteiger partial charge >= 0.3 is 0 Å². The first-order valence-corrected chi connectivity index (χ1v) is 4.24. The molecule has 0 saturated carbocycles. The number of nitriles is 1. The maximum absolute atomic E-state index is 8.53. The van der Waals surface area contributed by atoms with Gasteiger partial charge in [-0.3, -0.25) is 0 Å². The minimum absolute atomic E-state index is 0.0946. The van der Waals surface area contributed by atoms with Crippen LogP contribution in [0.4, 0.5) is 0 Å². The van der Waals surface area contributed by atoms with Crippen LogP contribution in [0.5, 0.6) is 0 Å². The van der Waals surface area contributed by atoms with Crippen molar-refractivity contribution in [2.45, 2.75) is 6.04 Å². The summed E-state index contributed by atoms with van der Waals surface area (Å²) in [6.45, 7) is 1.89. The monoisotopic (exact) mass is 153 g/mol. The quantitative estimate of drug-likeness (QED) is 0.502. The Balaban J connectivity index is 2.17. The first-order valence-electron chi connectivity index (χ1n) is 3.25. The Morgan fingerprint density at radius 2 is 2.70 bits per heavy atom. The number of thioether (sulfide) groups is 1. The van der Waals surface area contributed by atoms with Crippen LogP contribution in [-0.2, 0) is 0 Å². The van der Waals surface area contributed by atoms with Crippen LogP contribution in [0, 0.1) is 11.3 Å². The number of hydrogen-bond acceptors (Lipinski definition) is 4. The molecule has 0 aliphatic carbocycles. The standard InChI is InChI=1S/C6H7N3S/c7-3-5-4-9-1-2-10-6(9)8-5/h5H,1-2,4H2. The molecule has 1 atom stereocenters. The molecule has 0 amide bonds. The lowest BCUT2D eigenvalue weighted by Gasteiger charge is -2.08. The zero-order valence-corrected chi connectivity index (χ0v) is 6.27. The van der Waals surface area contributed by atoms with E-state index < -0.39 is 0 Å². The van der Waals surface area contributed by atoms with Gasteiger partial charge in [0.1, 0.15) is 0 Å². The first-order chi connectivity index (χ1) is 4.90. The van der Waals surface area contributed by atoms with Crippen molar-refractivity contribution < 1.29 is 0 Å². The summed E-state index contributed by atoms with van der Waals surface area (Å²) in [6.07, 6.45) is 0. The van der Waals surface area contributed by atoms with Crippen molar-refractivity contribution in [2.24, 2.45) is 4.99 Å². The summed E-state index contributed by atoms with van der Waals surface area (Å²) in [5, 5.41) is 9.60.